The van der Waals surface area contributed by atoms with Gasteiger partial charge in [-0.15, -0.1) is 5.10 Å². The molecule has 1 N–H and O–H groups in total. The van der Waals surface area contributed by atoms with Crippen molar-refractivity contribution in [2.75, 3.05) is 7.11 Å². The summed E-state index contributed by atoms with van der Waals surface area (Å²) < 4.78 is 6.58. The standard InChI is InChI=1S/C17H19N7O2/c1-17(2,3)22-16(25)14-21-15(12-10-18-7-8-19-12)24(23-14)11-5-6-13(26-4)20-9-11/h5-10H,1-4H3,(H,22,25). The van der Waals surface area contributed by atoms with Gasteiger partial charge >= 0.3 is 0 Å². The maximum absolute atomic E-state index is 12.5. The molecule has 0 unspecified atom stereocenters. The first-order valence-electron chi connectivity index (χ1n) is 7.94. The highest BCUT2D eigenvalue weighted by Crippen LogP contribution is 2.19. The molecular weight excluding hydrogens is 334 g/mol. The number of ether oxygens (including phenoxy) is 1. The number of aromatic nitrogens is 6. The SMILES string of the molecule is COc1ccc(-n2nc(C(=O)NC(C)(C)C)nc2-c2cnccn2)cn1. The van der Waals surface area contributed by atoms with Crippen LogP contribution in [-0.4, -0.2) is 48.3 Å². The molecule has 0 saturated carbocycles. The molecular formula is C17H19N7O2. The molecule has 9 heteroatoms. The number of nitrogens with one attached hydrogen (secondary N) is 1. The Hall–Kier alpha value is -3.36. The van der Waals surface area contributed by atoms with Crippen molar-refractivity contribution in [3.8, 4) is 23.1 Å². The van der Waals surface area contributed by atoms with Crippen molar-refractivity contribution in [1.29, 1.82) is 0 Å². The highest BCUT2D eigenvalue weighted by Gasteiger charge is 2.23. The zero-order valence-electron chi connectivity index (χ0n) is 15.0. The van der Waals surface area contributed by atoms with Gasteiger partial charge in [0.15, 0.2) is 5.82 Å². The highest BCUT2D eigenvalue weighted by atomic mass is 16.5. The van der Waals surface area contributed by atoms with Crippen LogP contribution in [0.2, 0.25) is 0 Å². The smallest absolute Gasteiger partial charge is 0.291 e. The normalized spacial score (nSPS) is 11.2. The van der Waals surface area contributed by atoms with Gasteiger partial charge in [0.2, 0.25) is 11.7 Å². The molecule has 3 heterocycles. The van der Waals surface area contributed by atoms with E-state index in [0.717, 1.165) is 0 Å². The zero-order chi connectivity index (χ0) is 18.7. The highest BCUT2D eigenvalue weighted by molar-refractivity contribution is 5.91. The molecule has 3 aromatic heterocycles. The largest absolute Gasteiger partial charge is 0.481 e. The Balaban J connectivity index is 2.07. The van der Waals surface area contributed by atoms with Gasteiger partial charge in [0, 0.05) is 24.0 Å². The van der Waals surface area contributed by atoms with Gasteiger partial charge in [0.1, 0.15) is 5.69 Å². The van der Waals surface area contributed by atoms with Crippen molar-refractivity contribution in [3.05, 3.63) is 42.7 Å². The minimum atomic E-state index is -0.406. The van der Waals surface area contributed by atoms with E-state index < -0.39 is 5.54 Å². The molecule has 0 aliphatic heterocycles. The molecule has 0 atom stereocenters. The topological polar surface area (TPSA) is 108 Å². The van der Waals surface area contributed by atoms with E-state index in [1.165, 1.54) is 11.8 Å². The first kappa shape index (κ1) is 17.5. The summed E-state index contributed by atoms with van der Waals surface area (Å²) in [5.74, 6) is 0.531. The number of hydrogen-bond acceptors (Lipinski definition) is 7. The van der Waals surface area contributed by atoms with Crippen molar-refractivity contribution in [2.24, 2.45) is 0 Å². The molecule has 0 bridgehead atoms. The zero-order valence-corrected chi connectivity index (χ0v) is 15.0. The van der Waals surface area contributed by atoms with Crippen molar-refractivity contribution in [1.82, 2.24) is 35.0 Å². The Labute approximate surface area is 150 Å². The number of hydrogen-bond donors (Lipinski definition) is 1. The molecule has 3 rings (SSSR count). The third-order valence-corrected chi connectivity index (χ3v) is 3.27. The van der Waals surface area contributed by atoms with Gasteiger partial charge in [-0.1, -0.05) is 0 Å². The quantitative estimate of drug-likeness (QED) is 0.760. The lowest BCUT2D eigenvalue weighted by Crippen LogP contribution is -2.41. The van der Waals surface area contributed by atoms with Gasteiger partial charge in [-0.25, -0.2) is 19.6 Å². The number of carbonyl (C=O) groups is 1. The van der Waals surface area contributed by atoms with Crippen molar-refractivity contribution in [3.63, 3.8) is 0 Å². The molecule has 0 fully saturated rings. The predicted octanol–water partition coefficient (Wildman–Crippen LogP) is 1.66. The number of methoxy groups -OCH3 is 1. The molecule has 9 nitrogen and oxygen atoms in total. The van der Waals surface area contributed by atoms with E-state index in [0.29, 0.717) is 23.1 Å². The molecule has 26 heavy (non-hydrogen) atoms. The van der Waals surface area contributed by atoms with E-state index in [2.05, 4.69) is 30.4 Å². The summed E-state index contributed by atoms with van der Waals surface area (Å²) in [6.07, 6.45) is 6.25. The van der Waals surface area contributed by atoms with Crippen LogP contribution in [0.4, 0.5) is 0 Å². The van der Waals surface area contributed by atoms with Crippen LogP contribution in [0.3, 0.4) is 0 Å². The number of carbonyl (C=O) groups excluding carboxylic acids is 1. The van der Waals surface area contributed by atoms with Crippen molar-refractivity contribution < 1.29 is 9.53 Å². The van der Waals surface area contributed by atoms with E-state index in [1.807, 2.05) is 20.8 Å². The van der Waals surface area contributed by atoms with Crippen LogP contribution in [0.1, 0.15) is 31.4 Å². The number of nitrogens with zero attached hydrogens (tertiary/aromatic N) is 6. The lowest BCUT2D eigenvalue weighted by molar-refractivity contribution is 0.0909. The van der Waals surface area contributed by atoms with Crippen LogP contribution in [0.5, 0.6) is 5.88 Å². The summed E-state index contributed by atoms with van der Waals surface area (Å²) in [6, 6.07) is 3.47. The number of pyridine rings is 1. The first-order chi connectivity index (χ1) is 12.4. The minimum Gasteiger partial charge on any atom is -0.481 e. The second kappa shape index (κ2) is 6.87. The molecule has 0 aliphatic rings. The summed E-state index contributed by atoms with van der Waals surface area (Å²) in [4.78, 5) is 29.3. The van der Waals surface area contributed by atoms with Crippen LogP contribution in [0.25, 0.3) is 17.2 Å². The van der Waals surface area contributed by atoms with E-state index >= 15 is 0 Å². The summed E-state index contributed by atoms with van der Waals surface area (Å²) in [6.45, 7) is 5.66. The second-order valence-electron chi connectivity index (χ2n) is 6.52. The number of amides is 1. The first-order valence-corrected chi connectivity index (χ1v) is 7.94. The summed E-state index contributed by atoms with van der Waals surface area (Å²) in [5.41, 5.74) is 0.705. The van der Waals surface area contributed by atoms with E-state index in [4.69, 9.17) is 4.74 Å². The Morgan fingerprint density at radius 3 is 2.54 bits per heavy atom. The number of rotatable bonds is 4. The average Bonchev–Trinajstić information content (AvgIpc) is 3.07. The van der Waals surface area contributed by atoms with Gasteiger partial charge in [-0.3, -0.25) is 9.78 Å². The average molecular weight is 353 g/mol. The van der Waals surface area contributed by atoms with Crippen LogP contribution in [-0.2, 0) is 0 Å². The summed E-state index contributed by atoms with van der Waals surface area (Å²) in [7, 11) is 1.54. The maximum Gasteiger partial charge on any atom is 0.291 e. The lowest BCUT2D eigenvalue weighted by atomic mass is 10.1. The lowest BCUT2D eigenvalue weighted by Gasteiger charge is -2.18. The van der Waals surface area contributed by atoms with Gasteiger partial charge in [-0.05, 0) is 26.8 Å². The van der Waals surface area contributed by atoms with E-state index in [1.54, 1.807) is 36.9 Å². The third-order valence-electron chi connectivity index (χ3n) is 3.27. The Morgan fingerprint density at radius 2 is 1.96 bits per heavy atom. The third kappa shape index (κ3) is 3.82. The van der Waals surface area contributed by atoms with E-state index in [9.17, 15) is 4.79 Å². The van der Waals surface area contributed by atoms with Crippen LogP contribution in [0.15, 0.2) is 36.9 Å². The van der Waals surface area contributed by atoms with Gasteiger partial charge in [0.05, 0.1) is 25.2 Å². The Morgan fingerprint density at radius 1 is 1.15 bits per heavy atom. The molecule has 3 aromatic rings. The van der Waals surface area contributed by atoms with Gasteiger partial charge in [0.25, 0.3) is 5.91 Å². The maximum atomic E-state index is 12.5. The summed E-state index contributed by atoms with van der Waals surface area (Å²) in [5, 5.41) is 7.19. The fourth-order valence-corrected chi connectivity index (χ4v) is 2.18. The Bertz CT molecular complexity index is 899. The second-order valence-corrected chi connectivity index (χ2v) is 6.52. The molecule has 0 radical (unpaired) electrons. The monoisotopic (exact) mass is 353 g/mol. The molecule has 0 aromatic carbocycles. The predicted molar refractivity (Wildman–Crippen MR) is 94.0 cm³/mol. The molecule has 1 amide bonds. The molecule has 0 aliphatic carbocycles. The van der Waals surface area contributed by atoms with Crippen LogP contribution < -0.4 is 10.1 Å². The Kier molecular flexibility index (Phi) is 4.61. The van der Waals surface area contributed by atoms with Gasteiger partial charge in [-0.2, -0.15) is 0 Å². The molecule has 134 valence electrons. The van der Waals surface area contributed by atoms with E-state index in [-0.39, 0.29) is 11.7 Å². The fourth-order valence-electron chi connectivity index (χ4n) is 2.18. The summed E-state index contributed by atoms with van der Waals surface area (Å²) >= 11 is 0. The van der Waals surface area contributed by atoms with Crippen LogP contribution in [0, 0.1) is 0 Å². The minimum absolute atomic E-state index is 0.0383. The fraction of sp³-hybridized carbons (Fsp3) is 0.294. The molecule has 0 spiro atoms. The molecule has 0 saturated heterocycles. The van der Waals surface area contributed by atoms with Gasteiger partial charge < -0.3 is 10.1 Å². The van der Waals surface area contributed by atoms with Crippen molar-refractivity contribution in [2.45, 2.75) is 26.3 Å². The van der Waals surface area contributed by atoms with Crippen LogP contribution >= 0.6 is 0 Å². The van der Waals surface area contributed by atoms with Crippen molar-refractivity contribution >= 4 is 5.91 Å².